The minimum absolute atomic E-state index is 0.792. The van der Waals surface area contributed by atoms with E-state index in [1.54, 1.807) is 12.4 Å². The molecule has 1 N–H and O–H groups in total. The first-order chi connectivity index (χ1) is 11.5. The average molecular weight is 341 g/mol. The molecule has 3 rings (SSSR count). The lowest BCUT2D eigenvalue weighted by atomic mass is 10.1. The molecule has 5 nitrogen and oxygen atoms in total. The molecule has 0 unspecified atom stereocenters. The third-order valence-corrected chi connectivity index (χ3v) is 4.88. The smallest absolute Gasteiger partial charge is 0.173 e. The lowest BCUT2D eigenvalue weighted by molar-refractivity contribution is 0.389. The van der Waals surface area contributed by atoms with Crippen molar-refractivity contribution in [1.29, 1.82) is 0 Å². The van der Waals surface area contributed by atoms with E-state index in [9.17, 15) is 0 Å². The Labute approximate surface area is 148 Å². The molecule has 1 aromatic carbocycles. The van der Waals surface area contributed by atoms with E-state index in [1.807, 2.05) is 6.20 Å². The first kappa shape index (κ1) is 16.6. The highest BCUT2D eigenvalue weighted by atomic mass is 32.1. The average Bonchev–Trinajstić information content (AvgIpc) is 2.60. The van der Waals surface area contributed by atoms with E-state index in [4.69, 9.17) is 12.2 Å². The van der Waals surface area contributed by atoms with Crippen LogP contribution in [0.3, 0.4) is 0 Å². The second kappa shape index (κ2) is 7.13. The van der Waals surface area contributed by atoms with Gasteiger partial charge in [0.1, 0.15) is 5.82 Å². The zero-order valence-corrected chi connectivity index (χ0v) is 15.2. The van der Waals surface area contributed by atoms with Crippen LogP contribution in [0.2, 0.25) is 0 Å². The van der Waals surface area contributed by atoms with Crippen molar-refractivity contribution in [1.82, 2.24) is 14.9 Å². The third kappa shape index (κ3) is 3.64. The van der Waals surface area contributed by atoms with Gasteiger partial charge in [-0.2, -0.15) is 0 Å². The number of aromatic nitrogens is 2. The fraction of sp³-hybridized carbons (Fsp3) is 0.389. The van der Waals surface area contributed by atoms with Gasteiger partial charge in [0, 0.05) is 44.3 Å². The number of aryl methyl sites for hydroxylation is 3. The molecule has 0 radical (unpaired) electrons. The standard InChI is InChI=1S/C18H23N5S/c1-13-10-15(3)16(11-14(13)2)21-18(24)23-8-6-22(7-9-23)17-12-19-4-5-20-17/h4-5,10-12H,6-9H2,1-3H3,(H,21,24). The molecule has 126 valence electrons. The molecular weight excluding hydrogens is 318 g/mol. The SMILES string of the molecule is Cc1cc(C)c(NC(=S)N2CCN(c3cnccn3)CC2)cc1C. The van der Waals surface area contributed by atoms with Crippen molar-refractivity contribution in [2.24, 2.45) is 0 Å². The highest BCUT2D eigenvalue weighted by Gasteiger charge is 2.20. The van der Waals surface area contributed by atoms with E-state index in [0.29, 0.717) is 0 Å². The third-order valence-electron chi connectivity index (χ3n) is 4.52. The number of rotatable bonds is 2. The lowest BCUT2D eigenvalue weighted by Crippen LogP contribution is -2.50. The summed E-state index contributed by atoms with van der Waals surface area (Å²) < 4.78 is 0. The summed E-state index contributed by atoms with van der Waals surface area (Å²) in [6, 6.07) is 4.37. The van der Waals surface area contributed by atoms with Crippen LogP contribution in [0.25, 0.3) is 0 Å². The van der Waals surface area contributed by atoms with Gasteiger partial charge < -0.3 is 15.1 Å². The monoisotopic (exact) mass is 341 g/mol. The fourth-order valence-electron chi connectivity index (χ4n) is 2.88. The Morgan fingerprint density at radius 3 is 2.38 bits per heavy atom. The Kier molecular flexibility index (Phi) is 4.94. The summed E-state index contributed by atoms with van der Waals surface area (Å²) >= 11 is 5.62. The van der Waals surface area contributed by atoms with Gasteiger partial charge in [0.25, 0.3) is 0 Å². The van der Waals surface area contributed by atoms with Gasteiger partial charge in [-0.15, -0.1) is 0 Å². The molecule has 0 saturated carbocycles. The maximum Gasteiger partial charge on any atom is 0.173 e. The Morgan fingerprint density at radius 1 is 1.00 bits per heavy atom. The molecule has 24 heavy (non-hydrogen) atoms. The van der Waals surface area contributed by atoms with Crippen LogP contribution < -0.4 is 10.2 Å². The molecule has 0 bridgehead atoms. The molecule has 1 saturated heterocycles. The Morgan fingerprint density at radius 2 is 1.71 bits per heavy atom. The lowest BCUT2D eigenvalue weighted by Gasteiger charge is -2.36. The van der Waals surface area contributed by atoms with E-state index in [0.717, 1.165) is 42.8 Å². The minimum atomic E-state index is 0.792. The molecular formula is C18H23N5S. The zero-order valence-electron chi connectivity index (χ0n) is 14.4. The summed E-state index contributed by atoms with van der Waals surface area (Å²) in [5, 5.41) is 4.21. The molecule has 0 spiro atoms. The number of anilines is 2. The van der Waals surface area contributed by atoms with Crippen molar-refractivity contribution in [2.75, 3.05) is 36.4 Å². The molecule has 6 heteroatoms. The molecule has 1 aliphatic rings. The summed E-state index contributed by atoms with van der Waals surface area (Å²) in [6.07, 6.45) is 5.24. The summed E-state index contributed by atoms with van der Waals surface area (Å²) in [5.74, 6) is 0.932. The van der Waals surface area contributed by atoms with Gasteiger partial charge in [-0.3, -0.25) is 4.98 Å². The highest BCUT2D eigenvalue weighted by molar-refractivity contribution is 7.80. The number of hydrogen-bond donors (Lipinski definition) is 1. The predicted molar refractivity (Wildman–Crippen MR) is 103 cm³/mol. The van der Waals surface area contributed by atoms with Crippen LogP contribution >= 0.6 is 12.2 Å². The Hall–Kier alpha value is -2.21. The number of thiocarbonyl (C=S) groups is 1. The van der Waals surface area contributed by atoms with E-state index >= 15 is 0 Å². The number of nitrogens with zero attached hydrogens (tertiary/aromatic N) is 4. The first-order valence-electron chi connectivity index (χ1n) is 8.19. The topological polar surface area (TPSA) is 44.3 Å². The van der Waals surface area contributed by atoms with Crippen LogP contribution in [0.15, 0.2) is 30.7 Å². The van der Waals surface area contributed by atoms with Crippen LogP contribution in [0.1, 0.15) is 16.7 Å². The zero-order chi connectivity index (χ0) is 17.1. The largest absolute Gasteiger partial charge is 0.352 e. The fourth-order valence-corrected chi connectivity index (χ4v) is 3.18. The van der Waals surface area contributed by atoms with E-state index in [-0.39, 0.29) is 0 Å². The normalized spacial score (nSPS) is 14.6. The number of hydrogen-bond acceptors (Lipinski definition) is 4. The highest BCUT2D eigenvalue weighted by Crippen LogP contribution is 2.21. The van der Waals surface area contributed by atoms with Crippen molar-refractivity contribution >= 4 is 28.8 Å². The maximum atomic E-state index is 5.62. The molecule has 1 aromatic heterocycles. The van der Waals surface area contributed by atoms with Gasteiger partial charge in [-0.25, -0.2) is 4.98 Å². The van der Waals surface area contributed by atoms with Crippen LogP contribution in [0.5, 0.6) is 0 Å². The second-order valence-corrected chi connectivity index (χ2v) is 6.61. The molecule has 0 atom stereocenters. The summed E-state index contributed by atoms with van der Waals surface area (Å²) in [7, 11) is 0. The summed E-state index contributed by atoms with van der Waals surface area (Å²) in [5.41, 5.74) is 4.90. The van der Waals surface area contributed by atoms with E-state index < -0.39 is 0 Å². The van der Waals surface area contributed by atoms with Gasteiger partial charge >= 0.3 is 0 Å². The van der Waals surface area contributed by atoms with Crippen LogP contribution in [-0.2, 0) is 0 Å². The summed E-state index contributed by atoms with van der Waals surface area (Å²) in [4.78, 5) is 13.0. The molecule has 1 aliphatic heterocycles. The minimum Gasteiger partial charge on any atom is -0.352 e. The van der Waals surface area contributed by atoms with Crippen molar-refractivity contribution < 1.29 is 0 Å². The number of nitrogens with one attached hydrogen (secondary N) is 1. The molecule has 2 aromatic rings. The van der Waals surface area contributed by atoms with Crippen LogP contribution in [0, 0.1) is 20.8 Å². The maximum absolute atomic E-state index is 5.62. The number of piperazine rings is 1. The van der Waals surface area contributed by atoms with Crippen molar-refractivity contribution in [3.63, 3.8) is 0 Å². The van der Waals surface area contributed by atoms with Crippen LogP contribution in [0.4, 0.5) is 11.5 Å². The molecule has 0 amide bonds. The predicted octanol–water partition coefficient (Wildman–Crippen LogP) is 2.92. The van der Waals surface area contributed by atoms with Gasteiger partial charge in [0.15, 0.2) is 5.11 Å². The molecule has 0 aliphatic carbocycles. The second-order valence-electron chi connectivity index (χ2n) is 6.22. The quantitative estimate of drug-likeness (QED) is 0.848. The van der Waals surface area contributed by atoms with Gasteiger partial charge in [0.2, 0.25) is 0 Å². The Balaban J connectivity index is 1.61. The number of benzene rings is 1. The van der Waals surface area contributed by atoms with E-state index in [1.165, 1.54) is 16.7 Å². The van der Waals surface area contributed by atoms with Crippen molar-refractivity contribution in [2.45, 2.75) is 20.8 Å². The van der Waals surface area contributed by atoms with E-state index in [2.05, 4.69) is 58.0 Å². The summed E-state index contributed by atoms with van der Waals surface area (Å²) in [6.45, 7) is 9.93. The van der Waals surface area contributed by atoms with Gasteiger partial charge in [-0.1, -0.05) is 6.07 Å². The van der Waals surface area contributed by atoms with Crippen molar-refractivity contribution in [3.8, 4) is 0 Å². The van der Waals surface area contributed by atoms with Gasteiger partial charge in [0.05, 0.1) is 6.20 Å². The van der Waals surface area contributed by atoms with Crippen molar-refractivity contribution in [3.05, 3.63) is 47.4 Å². The molecule has 1 fully saturated rings. The van der Waals surface area contributed by atoms with Crippen LogP contribution in [-0.4, -0.2) is 46.2 Å². The van der Waals surface area contributed by atoms with Gasteiger partial charge in [-0.05, 0) is 55.7 Å². The molecule has 2 heterocycles. The first-order valence-corrected chi connectivity index (χ1v) is 8.60. The Bertz CT molecular complexity index is 724.